The van der Waals surface area contributed by atoms with Crippen molar-refractivity contribution in [2.45, 2.75) is 52.0 Å². The van der Waals surface area contributed by atoms with Crippen LogP contribution in [0.2, 0.25) is 0 Å². The van der Waals surface area contributed by atoms with Crippen molar-refractivity contribution in [3.63, 3.8) is 0 Å². The van der Waals surface area contributed by atoms with E-state index in [9.17, 15) is 9.59 Å². The molecule has 0 saturated heterocycles. The summed E-state index contributed by atoms with van der Waals surface area (Å²) in [5.74, 6) is -0.418. The maximum absolute atomic E-state index is 11.9. The standard InChI is InChI=1S/C13H24N2O3/c1-10(2)15(9-12(16)17)13(18)14-8-11-6-4-3-5-7-11/h10-11H,3-9H2,1-2H3,(H,14,18)(H,16,17). The molecule has 5 heteroatoms. The molecule has 1 rings (SSSR count). The highest BCUT2D eigenvalue weighted by Crippen LogP contribution is 2.22. The van der Waals surface area contributed by atoms with Gasteiger partial charge in [-0.25, -0.2) is 4.79 Å². The number of rotatable bonds is 5. The predicted molar refractivity (Wildman–Crippen MR) is 69.5 cm³/mol. The van der Waals surface area contributed by atoms with E-state index in [-0.39, 0.29) is 18.6 Å². The van der Waals surface area contributed by atoms with Crippen LogP contribution in [0, 0.1) is 5.92 Å². The van der Waals surface area contributed by atoms with Crippen LogP contribution < -0.4 is 5.32 Å². The fraction of sp³-hybridized carbons (Fsp3) is 0.846. The minimum atomic E-state index is -0.975. The highest BCUT2D eigenvalue weighted by atomic mass is 16.4. The summed E-state index contributed by atoms with van der Waals surface area (Å²) in [6.07, 6.45) is 6.11. The molecule has 0 bridgehead atoms. The van der Waals surface area contributed by atoms with Crippen LogP contribution in [0.25, 0.3) is 0 Å². The first-order valence-electron chi connectivity index (χ1n) is 6.77. The molecule has 1 aliphatic rings. The Morgan fingerprint density at radius 2 is 1.89 bits per heavy atom. The average molecular weight is 256 g/mol. The normalized spacial score (nSPS) is 16.6. The minimum Gasteiger partial charge on any atom is -0.480 e. The summed E-state index contributed by atoms with van der Waals surface area (Å²) in [5, 5.41) is 11.6. The van der Waals surface area contributed by atoms with Crippen LogP contribution in [-0.4, -0.2) is 41.1 Å². The van der Waals surface area contributed by atoms with Crippen molar-refractivity contribution in [1.29, 1.82) is 0 Å². The number of hydrogen-bond donors (Lipinski definition) is 2. The summed E-state index contributed by atoms with van der Waals surface area (Å²) in [6.45, 7) is 4.07. The van der Waals surface area contributed by atoms with Crippen molar-refractivity contribution >= 4 is 12.0 Å². The smallest absolute Gasteiger partial charge is 0.323 e. The lowest BCUT2D eigenvalue weighted by Crippen LogP contribution is -2.47. The number of carbonyl (C=O) groups excluding carboxylic acids is 1. The van der Waals surface area contributed by atoms with Gasteiger partial charge in [0, 0.05) is 12.6 Å². The second kappa shape index (κ2) is 7.24. The van der Waals surface area contributed by atoms with Gasteiger partial charge in [-0.15, -0.1) is 0 Å². The first-order chi connectivity index (χ1) is 8.50. The highest BCUT2D eigenvalue weighted by molar-refractivity contribution is 5.80. The number of amides is 2. The summed E-state index contributed by atoms with van der Waals surface area (Å²) < 4.78 is 0. The molecule has 0 aromatic carbocycles. The molecule has 1 aliphatic carbocycles. The van der Waals surface area contributed by atoms with Gasteiger partial charge in [-0.05, 0) is 32.6 Å². The SMILES string of the molecule is CC(C)N(CC(=O)O)C(=O)NCC1CCCCC1. The summed E-state index contributed by atoms with van der Waals surface area (Å²) in [7, 11) is 0. The van der Waals surface area contributed by atoms with Crippen LogP contribution in [0.15, 0.2) is 0 Å². The number of urea groups is 1. The second-order valence-corrected chi connectivity index (χ2v) is 5.31. The summed E-state index contributed by atoms with van der Waals surface area (Å²) in [5.41, 5.74) is 0. The number of aliphatic carboxylic acids is 1. The van der Waals surface area contributed by atoms with Gasteiger partial charge in [0.25, 0.3) is 0 Å². The lowest BCUT2D eigenvalue weighted by molar-refractivity contribution is -0.138. The molecule has 104 valence electrons. The van der Waals surface area contributed by atoms with Gasteiger partial charge in [0.2, 0.25) is 0 Å². The largest absolute Gasteiger partial charge is 0.480 e. The second-order valence-electron chi connectivity index (χ2n) is 5.31. The molecule has 1 saturated carbocycles. The Bertz CT molecular complexity index is 286. The van der Waals surface area contributed by atoms with Gasteiger partial charge in [0.1, 0.15) is 6.54 Å². The summed E-state index contributed by atoms with van der Waals surface area (Å²) in [6, 6.07) is -0.370. The van der Waals surface area contributed by atoms with E-state index in [0.717, 1.165) is 0 Å². The van der Waals surface area contributed by atoms with Crippen molar-refractivity contribution in [1.82, 2.24) is 10.2 Å². The van der Waals surface area contributed by atoms with Gasteiger partial charge < -0.3 is 15.3 Å². The van der Waals surface area contributed by atoms with Gasteiger partial charge in [0.15, 0.2) is 0 Å². The zero-order valence-corrected chi connectivity index (χ0v) is 11.3. The van der Waals surface area contributed by atoms with Gasteiger partial charge in [-0.3, -0.25) is 4.79 Å². The molecule has 0 aromatic rings. The number of nitrogens with one attached hydrogen (secondary N) is 1. The molecule has 2 N–H and O–H groups in total. The van der Waals surface area contributed by atoms with Crippen LogP contribution in [0.3, 0.4) is 0 Å². The molecule has 0 heterocycles. The lowest BCUT2D eigenvalue weighted by atomic mass is 9.89. The van der Waals surface area contributed by atoms with Crippen LogP contribution in [0.5, 0.6) is 0 Å². The van der Waals surface area contributed by atoms with E-state index >= 15 is 0 Å². The van der Waals surface area contributed by atoms with E-state index in [1.807, 2.05) is 13.8 Å². The van der Waals surface area contributed by atoms with Crippen molar-refractivity contribution < 1.29 is 14.7 Å². The third kappa shape index (κ3) is 4.94. The minimum absolute atomic E-state index is 0.104. The summed E-state index contributed by atoms with van der Waals surface area (Å²) >= 11 is 0. The number of nitrogens with zero attached hydrogens (tertiary/aromatic N) is 1. The molecule has 0 unspecified atom stereocenters. The van der Waals surface area contributed by atoms with Crippen LogP contribution in [-0.2, 0) is 4.79 Å². The van der Waals surface area contributed by atoms with E-state index < -0.39 is 5.97 Å². The zero-order chi connectivity index (χ0) is 13.5. The molecule has 2 amide bonds. The van der Waals surface area contributed by atoms with Gasteiger partial charge in [-0.1, -0.05) is 19.3 Å². The van der Waals surface area contributed by atoms with Crippen molar-refractivity contribution in [3.05, 3.63) is 0 Å². The molecule has 0 spiro atoms. The maximum atomic E-state index is 11.9. The first-order valence-corrected chi connectivity index (χ1v) is 6.77. The van der Waals surface area contributed by atoms with Gasteiger partial charge in [0.05, 0.1) is 0 Å². The van der Waals surface area contributed by atoms with E-state index in [0.29, 0.717) is 12.5 Å². The Hall–Kier alpha value is -1.26. The van der Waals surface area contributed by atoms with Crippen LogP contribution >= 0.6 is 0 Å². The van der Waals surface area contributed by atoms with E-state index in [4.69, 9.17) is 5.11 Å². The fourth-order valence-corrected chi connectivity index (χ4v) is 2.36. The molecule has 0 aliphatic heterocycles. The zero-order valence-electron chi connectivity index (χ0n) is 11.3. The molecule has 0 atom stereocenters. The third-order valence-corrected chi connectivity index (χ3v) is 3.46. The lowest BCUT2D eigenvalue weighted by Gasteiger charge is -2.27. The van der Waals surface area contributed by atoms with E-state index in [1.54, 1.807) is 0 Å². The number of carboxylic acids is 1. The van der Waals surface area contributed by atoms with E-state index in [1.165, 1.54) is 37.0 Å². The topological polar surface area (TPSA) is 69.6 Å². The Morgan fingerprint density at radius 3 is 2.39 bits per heavy atom. The predicted octanol–water partition coefficient (Wildman–Crippen LogP) is 2.07. The molecule has 5 nitrogen and oxygen atoms in total. The molecule has 0 radical (unpaired) electrons. The first kappa shape index (κ1) is 14.8. The molecule has 18 heavy (non-hydrogen) atoms. The Morgan fingerprint density at radius 1 is 1.28 bits per heavy atom. The molecular weight excluding hydrogens is 232 g/mol. The Labute approximate surface area is 109 Å². The van der Waals surface area contributed by atoms with Crippen molar-refractivity contribution in [2.75, 3.05) is 13.1 Å². The molecule has 0 aromatic heterocycles. The van der Waals surface area contributed by atoms with Crippen LogP contribution in [0.1, 0.15) is 46.0 Å². The van der Waals surface area contributed by atoms with Gasteiger partial charge >= 0.3 is 12.0 Å². The van der Waals surface area contributed by atoms with Crippen LogP contribution in [0.4, 0.5) is 4.79 Å². The van der Waals surface area contributed by atoms with E-state index in [2.05, 4.69) is 5.32 Å². The average Bonchev–Trinajstić information content (AvgIpc) is 2.34. The van der Waals surface area contributed by atoms with Crippen molar-refractivity contribution in [3.8, 4) is 0 Å². The third-order valence-electron chi connectivity index (χ3n) is 3.46. The molecule has 1 fully saturated rings. The number of hydrogen-bond acceptors (Lipinski definition) is 2. The quantitative estimate of drug-likeness (QED) is 0.791. The fourth-order valence-electron chi connectivity index (χ4n) is 2.36. The Kier molecular flexibility index (Phi) is 5.95. The number of carbonyl (C=O) groups is 2. The highest BCUT2D eigenvalue weighted by Gasteiger charge is 2.21. The Balaban J connectivity index is 2.38. The summed E-state index contributed by atoms with van der Waals surface area (Å²) in [4.78, 5) is 24.0. The van der Waals surface area contributed by atoms with Gasteiger partial charge in [-0.2, -0.15) is 0 Å². The maximum Gasteiger partial charge on any atom is 0.323 e. The number of carboxylic acid groups (broad SMARTS) is 1. The monoisotopic (exact) mass is 256 g/mol. The molecular formula is C13H24N2O3. The van der Waals surface area contributed by atoms with Crippen molar-refractivity contribution in [2.24, 2.45) is 5.92 Å².